The predicted octanol–water partition coefficient (Wildman–Crippen LogP) is 4.03. The minimum absolute atomic E-state index is 0.129. The van der Waals surface area contributed by atoms with Crippen molar-refractivity contribution >= 4 is 17.4 Å². The quantitative estimate of drug-likeness (QED) is 0.713. The number of piperazine rings is 1. The molecule has 1 fully saturated rings. The lowest BCUT2D eigenvalue weighted by Crippen LogP contribution is -2.46. The number of anilines is 2. The van der Waals surface area contributed by atoms with Gasteiger partial charge < -0.3 is 15.5 Å². The number of unbranched alkanes of at least 4 members (excludes halogenated alkanes) is 1. The minimum Gasteiger partial charge on any atom is -0.369 e. The summed E-state index contributed by atoms with van der Waals surface area (Å²) in [7, 11) is 0. The first-order valence-electron chi connectivity index (χ1n) is 10.3. The average Bonchev–Trinajstić information content (AvgIpc) is 2.70. The first kappa shape index (κ1) is 20.2. The molecule has 0 unspecified atom stereocenters. The molecule has 2 aromatic rings. The number of hydrogen-bond acceptors (Lipinski definition) is 3. The summed E-state index contributed by atoms with van der Waals surface area (Å²) in [5, 5.41) is 5.81. The lowest BCUT2D eigenvalue weighted by molar-refractivity contribution is 0.247. The van der Waals surface area contributed by atoms with Crippen molar-refractivity contribution in [2.45, 2.75) is 26.7 Å². The van der Waals surface area contributed by atoms with Crippen molar-refractivity contribution in [3.63, 3.8) is 0 Å². The lowest BCUT2D eigenvalue weighted by Gasteiger charge is -2.36. The largest absolute Gasteiger partial charge is 0.369 e. The van der Waals surface area contributed by atoms with Crippen LogP contribution in [0.3, 0.4) is 0 Å². The summed E-state index contributed by atoms with van der Waals surface area (Å²) in [6, 6.07) is 16.5. The molecule has 1 aliphatic rings. The molecule has 150 valence electrons. The Bertz CT molecular complexity index is 751. The number of carbonyl (C=O) groups is 1. The molecule has 0 atom stereocenters. The number of amides is 2. The Kier molecular flexibility index (Phi) is 7.31. The molecule has 5 nitrogen and oxygen atoms in total. The van der Waals surface area contributed by atoms with Gasteiger partial charge in [0.05, 0.1) is 0 Å². The molecule has 1 aliphatic heterocycles. The summed E-state index contributed by atoms with van der Waals surface area (Å²) in [5.74, 6) is 0. The van der Waals surface area contributed by atoms with E-state index in [0.29, 0.717) is 6.54 Å². The number of benzene rings is 2. The van der Waals surface area contributed by atoms with Gasteiger partial charge in [-0.2, -0.15) is 0 Å². The third kappa shape index (κ3) is 6.27. The summed E-state index contributed by atoms with van der Waals surface area (Å²) in [6.07, 6.45) is 2.11. The second kappa shape index (κ2) is 10.1. The van der Waals surface area contributed by atoms with E-state index in [1.807, 2.05) is 31.2 Å². The van der Waals surface area contributed by atoms with Crippen LogP contribution in [-0.4, -0.2) is 50.2 Å². The molecule has 28 heavy (non-hydrogen) atoms. The fraction of sp³-hybridized carbons (Fsp3) is 0.435. The van der Waals surface area contributed by atoms with E-state index >= 15 is 0 Å². The van der Waals surface area contributed by atoms with Gasteiger partial charge >= 0.3 is 6.03 Å². The molecule has 1 heterocycles. The van der Waals surface area contributed by atoms with Crippen molar-refractivity contribution in [1.82, 2.24) is 10.2 Å². The SMILES string of the molecule is Cc1ccc(NC(=O)NCCCCN2CCN(c3cccc(C)c3)CC2)cc1. The number of hydrogen-bond donors (Lipinski definition) is 2. The van der Waals surface area contributed by atoms with Gasteiger partial charge in [0.15, 0.2) is 0 Å². The molecule has 3 rings (SSSR count). The Morgan fingerprint density at radius 1 is 0.929 bits per heavy atom. The Hall–Kier alpha value is -2.53. The number of nitrogens with zero attached hydrogens (tertiary/aromatic N) is 2. The number of aryl methyl sites for hydroxylation is 2. The van der Waals surface area contributed by atoms with Crippen LogP contribution in [0.25, 0.3) is 0 Å². The first-order valence-corrected chi connectivity index (χ1v) is 10.3. The molecule has 0 aromatic heterocycles. The summed E-state index contributed by atoms with van der Waals surface area (Å²) < 4.78 is 0. The minimum atomic E-state index is -0.129. The van der Waals surface area contributed by atoms with Crippen LogP contribution < -0.4 is 15.5 Å². The zero-order valence-corrected chi connectivity index (χ0v) is 17.1. The van der Waals surface area contributed by atoms with Gasteiger partial charge in [-0.1, -0.05) is 29.8 Å². The van der Waals surface area contributed by atoms with Crippen molar-refractivity contribution in [3.8, 4) is 0 Å². The summed E-state index contributed by atoms with van der Waals surface area (Å²) >= 11 is 0. The maximum atomic E-state index is 11.9. The van der Waals surface area contributed by atoms with Crippen LogP contribution in [0.1, 0.15) is 24.0 Å². The number of urea groups is 1. The van der Waals surface area contributed by atoms with E-state index < -0.39 is 0 Å². The van der Waals surface area contributed by atoms with E-state index in [4.69, 9.17) is 0 Å². The summed E-state index contributed by atoms with van der Waals surface area (Å²) in [6.45, 7) is 10.4. The monoisotopic (exact) mass is 380 g/mol. The highest BCUT2D eigenvalue weighted by molar-refractivity contribution is 5.89. The van der Waals surface area contributed by atoms with Crippen LogP contribution in [0, 0.1) is 13.8 Å². The Labute approximate surface area is 168 Å². The zero-order chi connectivity index (χ0) is 19.8. The standard InChI is InChI=1S/C23H32N4O/c1-19-8-10-21(11-9-19)25-23(28)24-12-3-4-13-26-14-16-27(17-15-26)22-7-5-6-20(2)18-22/h5-11,18H,3-4,12-17H2,1-2H3,(H2,24,25,28). The molecule has 0 aliphatic carbocycles. The maximum Gasteiger partial charge on any atom is 0.319 e. The van der Waals surface area contributed by atoms with Gasteiger partial charge in [0.25, 0.3) is 0 Å². The van der Waals surface area contributed by atoms with Crippen molar-refractivity contribution in [2.24, 2.45) is 0 Å². The average molecular weight is 381 g/mol. The van der Waals surface area contributed by atoms with E-state index in [0.717, 1.165) is 51.3 Å². The Balaban J connectivity index is 1.27. The molecule has 0 radical (unpaired) electrons. The van der Waals surface area contributed by atoms with Crippen molar-refractivity contribution in [2.75, 3.05) is 49.5 Å². The maximum absolute atomic E-state index is 11.9. The van der Waals surface area contributed by atoms with Gasteiger partial charge in [0.1, 0.15) is 0 Å². The fourth-order valence-corrected chi connectivity index (χ4v) is 3.53. The topological polar surface area (TPSA) is 47.6 Å². The van der Waals surface area contributed by atoms with Crippen molar-refractivity contribution in [3.05, 3.63) is 59.7 Å². The van der Waals surface area contributed by atoms with Crippen LogP contribution in [0.5, 0.6) is 0 Å². The lowest BCUT2D eigenvalue weighted by atomic mass is 10.2. The molecular formula is C23H32N4O. The van der Waals surface area contributed by atoms with Gasteiger partial charge in [0.2, 0.25) is 0 Å². The normalized spacial score (nSPS) is 14.7. The molecule has 2 aromatic carbocycles. The van der Waals surface area contributed by atoms with Crippen LogP contribution >= 0.6 is 0 Å². The van der Waals surface area contributed by atoms with Gasteiger partial charge in [-0.15, -0.1) is 0 Å². The van der Waals surface area contributed by atoms with Gasteiger partial charge in [0, 0.05) is 44.1 Å². The molecule has 0 saturated carbocycles. The van der Waals surface area contributed by atoms with Crippen LogP contribution in [0.4, 0.5) is 16.2 Å². The second-order valence-electron chi connectivity index (χ2n) is 7.62. The molecule has 1 saturated heterocycles. The third-order valence-electron chi connectivity index (χ3n) is 5.24. The molecule has 0 bridgehead atoms. The summed E-state index contributed by atoms with van der Waals surface area (Å²) in [5.41, 5.74) is 4.67. The van der Waals surface area contributed by atoms with Crippen LogP contribution in [0.2, 0.25) is 0 Å². The van der Waals surface area contributed by atoms with Crippen LogP contribution in [-0.2, 0) is 0 Å². The first-order chi connectivity index (χ1) is 13.6. The highest BCUT2D eigenvalue weighted by Gasteiger charge is 2.16. The van der Waals surface area contributed by atoms with Crippen molar-refractivity contribution < 1.29 is 4.79 Å². The second-order valence-corrected chi connectivity index (χ2v) is 7.62. The molecule has 2 N–H and O–H groups in total. The fourth-order valence-electron chi connectivity index (χ4n) is 3.53. The Morgan fingerprint density at radius 3 is 2.39 bits per heavy atom. The highest BCUT2D eigenvalue weighted by atomic mass is 16.2. The van der Waals surface area contributed by atoms with Gasteiger partial charge in [-0.25, -0.2) is 4.79 Å². The molecule has 0 spiro atoms. The smallest absolute Gasteiger partial charge is 0.319 e. The van der Waals surface area contributed by atoms with Gasteiger partial charge in [-0.05, 0) is 63.1 Å². The van der Waals surface area contributed by atoms with Crippen molar-refractivity contribution in [1.29, 1.82) is 0 Å². The summed E-state index contributed by atoms with van der Waals surface area (Å²) in [4.78, 5) is 16.9. The van der Waals surface area contributed by atoms with Gasteiger partial charge in [-0.3, -0.25) is 4.90 Å². The molecular weight excluding hydrogens is 348 g/mol. The zero-order valence-electron chi connectivity index (χ0n) is 17.1. The van der Waals surface area contributed by atoms with E-state index in [9.17, 15) is 4.79 Å². The highest BCUT2D eigenvalue weighted by Crippen LogP contribution is 2.17. The van der Waals surface area contributed by atoms with E-state index in [1.165, 1.54) is 16.8 Å². The number of carbonyl (C=O) groups excluding carboxylic acids is 1. The van der Waals surface area contributed by atoms with Crippen LogP contribution in [0.15, 0.2) is 48.5 Å². The molecule has 2 amide bonds. The predicted molar refractivity (Wildman–Crippen MR) is 117 cm³/mol. The number of nitrogens with one attached hydrogen (secondary N) is 2. The Morgan fingerprint density at radius 2 is 1.68 bits per heavy atom. The third-order valence-corrected chi connectivity index (χ3v) is 5.24. The van der Waals surface area contributed by atoms with E-state index in [-0.39, 0.29) is 6.03 Å². The molecule has 5 heteroatoms. The van der Waals surface area contributed by atoms with E-state index in [1.54, 1.807) is 0 Å². The van der Waals surface area contributed by atoms with E-state index in [2.05, 4.69) is 51.6 Å². The number of rotatable bonds is 7.